The van der Waals surface area contributed by atoms with E-state index in [4.69, 9.17) is 4.74 Å². The Kier molecular flexibility index (Phi) is 6.08. The van der Waals surface area contributed by atoms with Crippen LogP contribution >= 0.6 is 11.3 Å². The molecule has 0 atom stereocenters. The van der Waals surface area contributed by atoms with Gasteiger partial charge in [0.05, 0.1) is 18.4 Å². The number of anilines is 1. The summed E-state index contributed by atoms with van der Waals surface area (Å²) in [4.78, 5) is 25.7. The van der Waals surface area contributed by atoms with Crippen LogP contribution in [0.25, 0.3) is 0 Å². The van der Waals surface area contributed by atoms with Gasteiger partial charge in [-0.2, -0.15) is 5.10 Å². The first-order chi connectivity index (χ1) is 13.1. The highest BCUT2D eigenvalue weighted by molar-refractivity contribution is 7.17. The third kappa shape index (κ3) is 4.65. The molecule has 0 radical (unpaired) electrons. The Bertz CT molecular complexity index is 859. The summed E-state index contributed by atoms with van der Waals surface area (Å²) in [6.07, 6.45) is 5.30. The van der Waals surface area contributed by atoms with Crippen molar-refractivity contribution >= 4 is 34.6 Å². The van der Waals surface area contributed by atoms with Gasteiger partial charge in [0.2, 0.25) is 0 Å². The second kappa shape index (κ2) is 8.68. The van der Waals surface area contributed by atoms with Gasteiger partial charge in [0.1, 0.15) is 10.8 Å². The zero-order valence-corrected chi connectivity index (χ0v) is 15.8. The molecule has 27 heavy (non-hydrogen) atoms. The lowest BCUT2D eigenvalue weighted by molar-refractivity contribution is 0.0526. The zero-order valence-electron chi connectivity index (χ0n) is 14.9. The Hall–Kier alpha value is -2.87. The van der Waals surface area contributed by atoms with Gasteiger partial charge in [-0.15, -0.1) is 11.3 Å². The number of amides is 2. The fourth-order valence-electron chi connectivity index (χ4n) is 2.93. The SMILES string of the molecule is CCOC(=O)c1c(NC(=O)NN=Cc2ccc(O)cc2)sc2c1CCCC2. The van der Waals surface area contributed by atoms with E-state index in [0.717, 1.165) is 41.7 Å². The molecule has 8 heteroatoms. The number of esters is 1. The summed E-state index contributed by atoms with van der Waals surface area (Å²) in [5.41, 5.74) is 4.57. The molecule has 1 heterocycles. The summed E-state index contributed by atoms with van der Waals surface area (Å²) in [6, 6.07) is 5.87. The monoisotopic (exact) mass is 387 g/mol. The van der Waals surface area contributed by atoms with Crippen LogP contribution in [0.2, 0.25) is 0 Å². The summed E-state index contributed by atoms with van der Waals surface area (Å²) in [6.45, 7) is 2.04. The molecule has 1 aromatic carbocycles. The van der Waals surface area contributed by atoms with E-state index in [-0.39, 0.29) is 12.4 Å². The van der Waals surface area contributed by atoms with E-state index >= 15 is 0 Å². The van der Waals surface area contributed by atoms with Gasteiger partial charge < -0.3 is 9.84 Å². The highest BCUT2D eigenvalue weighted by Gasteiger charge is 2.27. The van der Waals surface area contributed by atoms with Crippen LogP contribution in [0.1, 0.15) is 46.1 Å². The van der Waals surface area contributed by atoms with Crippen molar-refractivity contribution in [2.75, 3.05) is 11.9 Å². The van der Waals surface area contributed by atoms with Gasteiger partial charge in [0, 0.05) is 4.88 Å². The number of hydrazone groups is 1. The number of phenolic OH excluding ortho intramolecular Hbond substituents is 1. The fraction of sp³-hybridized carbons (Fsp3) is 0.316. The van der Waals surface area contributed by atoms with E-state index in [1.807, 2.05) is 0 Å². The van der Waals surface area contributed by atoms with Crippen molar-refractivity contribution in [3.05, 3.63) is 45.8 Å². The van der Waals surface area contributed by atoms with Gasteiger partial charge in [0.15, 0.2) is 0 Å². The van der Waals surface area contributed by atoms with Crippen molar-refractivity contribution in [1.82, 2.24) is 5.43 Å². The number of hydrogen-bond acceptors (Lipinski definition) is 6. The van der Waals surface area contributed by atoms with Crippen molar-refractivity contribution in [3.63, 3.8) is 0 Å². The third-order valence-electron chi connectivity index (χ3n) is 4.15. The molecule has 0 spiro atoms. The largest absolute Gasteiger partial charge is 0.508 e. The number of nitrogens with zero attached hydrogens (tertiary/aromatic N) is 1. The van der Waals surface area contributed by atoms with Gasteiger partial charge >= 0.3 is 12.0 Å². The van der Waals surface area contributed by atoms with Crippen LogP contribution in [-0.2, 0) is 17.6 Å². The molecule has 1 aromatic heterocycles. The molecule has 3 rings (SSSR count). The number of ether oxygens (including phenoxy) is 1. The molecule has 0 saturated heterocycles. The molecule has 1 aliphatic rings. The summed E-state index contributed by atoms with van der Waals surface area (Å²) < 4.78 is 5.17. The molecule has 0 bridgehead atoms. The summed E-state index contributed by atoms with van der Waals surface area (Å²) in [7, 11) is 0. The molecular formula is C19H21N3O4S. The first-order valence-corrected chi connectivity index (χ1v) is 9.61. The molecule has 2 aromatic rings. The molecule has 142 valence electrons. The van der Waals surface area contributed by atoms with Crippen molar-refractivity contribution in [2.45, 2.75) is 32.6 Å². The number of rotatable bonds is 5. The average molecular weight is 387 g/mol. The highest BCUT2D eigenvalue weighted by atomic mass is 32.1. The molecule has 0 fully saturated rings. The lowest BCUT2D eigenvalue weighted by atomic mass is 9.95. The normalized spacial score (nSPS) is 13.2. The van der Waals surface area contributed by atoms with Crippen LogP contribution < -0.4 is 10.7 Å². The number of urea groups is 1. The first-order valence-electron chi connectivity index (χ1n) is 8.79. The van der Waals surface area contributed by atoms with Gasteiger partial charge in [-0.25, -0.2) is 15.0 Å². The maximum atomic E-state index is 12.4. The zero-order chi connectivity index (χ0) is 19.2. The molecular weight excluding hydrogens is 366 g/mol. The highest BCUT2D eigenvalue weighted by Crippen LogP contribution is 2.38. The number of carbonyl (C=O) groups excluding carboxylic acids is 2. The second-order valence-corrected chi connectivity index (χ2v) is 7.16. The molecule has 3 N–H and O–H groups in total. The number of benzene rings is 1. The number of fused-ring (bicyclic) bond motifs is 1. The third-order valence-corrected chi connectivity index (χ3v) is 5.36. The van der Waals surface area contributed by atoms with Crippen LogP contribution in [0.5, 0.6) is 5.75 Å². The van der Waals surface area contributed by atoms with Crippen LogP contribution in [0, 0.1) is 0 Å². The Balaban J connectivity index is 1.70. The molecule has 7 nitrogen and oxygen atoms in total. The predicted octanol–water partition coefficient (Wildman–Crippen LogP) is 3.66. The predicted molar refractivity (Wildman–Crippen MR) is 105 cm³/mol. The van der Waals surface area contributed by atoms with Crippen LogP contribution in [0.15, 0.2) is 29.4 Å². The minimum atomic E-state index is -0.533. The van der Waals surface area contributed by atoms with E-state index in [1.54, 1.807) is 19.1 Å². The lowest BCUT2D eigenvalue weighted by Crippen LogP contribution is -2.25. The number of hydrogen-bond donors (Lipinski definition) is 3. The molecule has 0 saturated carbocycles. The second-order valence-electron chi connectivity index (χ2n) is 6.05. The van der Waals surface area contributed by atoms with Crippen LogP contribution in [0.3, 0.4) is 0 Å². The Morgan fingerprint density at radius 2 is 2.00 bits per heavy atom. The maximum Gasteiger partial charge on any atom is 0.341 e. The Morgan fingerprint density at radius 1 is 1.26 bits per heavy atom. The molecule has 1 aliphatic carbocycles. The first kappa shape index (κ1) is 18.9. The fourth-order valence-corrected chi connectivity index (χ4v) is 4.20. The number of aromatic hydroxyl groups is 1. The Labute approximate surface area is 161 Å². The van der Waals surface area contributed by atoms with Gasteiger partial charge in [-0.05, 0) is 68.0 Å². The van der Waals surface area contributed by atoms with E-state index in [1.165, 1.54) is 29.7 Å². The van der Waals surface area contributed by atoms with Gasteiger partial charge in [0.25, 0.3) is 0 Å². The number of nitrogens with one attached hydrogen (secondary N) is 2. The minimum Gasteiger partial charge on any atom is -0.508 e. The van der Waals surface area contributed by atoms with Crippen molar-refractivity contribution in [1.29, 1.82) is 0 Å². The molecule has 0 unspecified atom stereocenters. The molecule has 2 amide bonds. The smallest absolute Gasteiger partial charge is 0.341 e. The quantitative estimate of drug-likeness (QED) is 0.414. The Morgan fingerprint density at radius 3 is 2.74 bits per heavy atom. The van der Waals surface area contributed by atoms with Crippen molar-refractivity contribution in [2.24, 2.45) is 5.10 Å². The number of phenols is 1. The minimum absolute atomic E-state index is 0.158. The van der Waals surface area contributed by atoms with E-state index in [9.17, 15) is 14.7 Å². The number of carbonyl (C=O) groups is 2. The van der Waals surface area contributed by atoms with Crippen molar-refractivity contribution < 1.29 is 19.4 Å². The van der Waals surface area contributed by atoms with Gasteiger partial charge in [-0.1, -0.05) is 0 Å². The van der Waals surface area contributed by atoms with Crippen LogP contribution in [0.4, 0.5) is 9.80 Å². The number of aryl methyl sites for hydroxylation is 1. The van der Waals surface area contributed by atoms with Gasteiger partial charge in [-0.3, -0.25) is 5.32 Å². The van der Waals surface area contributed by atoms with Crippen molar-refractivity contribution in [3.8, 4) is 5.75 Å². The maximum absolute atomic E-state index is 12.4. The topological polar surface area (TPSA) is 100 Å². The average Bonchev–Trinajstić information content (AvgIpc) is 3.01. The lowest BCUT2D eigenvalue weighted by Gasteiger charge is -2.12. The van der Waals surface area contributed by atoms with Crippen LogP contribution in [-0.4, -0.2) is 29.9 Å². The number of thiophene rings is 1. The summed E-state index contributed by atoms with van der Waals surface area (Å²) in [5.74, 6) is -0.245. The van der Waals surface area contributed by atoms with E-state index in [0.29, 0.717) is 10.6 Å². The van der Waals surface area contributed by atoms with E-state index < -0.39 is 12.0 Å². The summed E-state index contributed by atoms with van der Waals surface area (Å²) >= 11 is 1.42. The summed E-state index contributed by atoms with van der Waals surface area (Å²) in [5, 5.41) is 16.3. The standard InChI is InChI=1S/C19H21N3O4S/c1-2-26-18(24)16-14-5-3-4-6-15(14)27-17(16)21-19(25)22-20-11-12-7-9-13(23)10-8-12/h7-11,23H,2-6H2,1H3,(H2,21,22,25). The van der Waals surface area contributed by atoms with E-state index in [2.05, 4.69) is 15.8 Å². The molecule has 0 aliphatic heterocycles.